The molecule has 0 saturated carbocycles. The maximum atomic E-state index is 2.70. The summed E-state index contributed by atoms with van der Waals surface area (Å²) in [5.41, 5.74) is 0. The van der Waals surface area contributed by atoms with Crippen LogP contribution < -0.4 is 15.9 Å². The molecule has 0 radical (unpaired) electrons. The third-order valence-corrected chi connectivity index (χ3v) is 10.8. The summed E-state index contributed by atoms with van der Waals surface area (Å²) in [5, 5.41) is 4.39. The minimum Gasteiger partial charge on any atom is -0.0742 e. The minimum atomic E-state index is -1.76. The second kappa shape index (κ2) is 15.0. The van der Waals surface area contributed by atoms with Crippen LogP contribution in [0.15, 0.2) is 91.0 Å². The predicted octanol–water partition coefficient (Wildman–Crippen LogP) is 8.48. The van der Waals surface area contributed by atoms with Crippen molar-refractivity contribution in [2.45, 2.75) is 84.0 Å². The number of hydrogen-bond donors (Lipinski definition) is 0. The molecule has 3 aromatic rings. The minimum absolute atomic E-state index is 1.18. The molecule has 0 bridgehead atoms. The van der Waals surface area contributed by atoms with Gasteiger partial charge in [0.2, 0.25) is 0 Å². The first-order valence-electron chi connectivity index (χ1n) is 13.3. The van der Waals surface area contributed by atoms with Crippen molar-refractivity contribution in [3.05, 3.63) is 91.0 Å². The van der Waals surface area contributed by atoms with E-state index < -0.39 is 6.89 Å². The molecule has 0 N–H and O–H groups in total. The first kappa shape index (κ1) is 25.6. The Labute approximate surface area is 203 Å². The van der Waals surface area contributed by atoms with Gasteiger partial charge in [-0.3, -0.25) is 0 Å². The van der Waals surface area contributed by atoms with Gasteiger partial charge in [-0.15, -0.1) is 0 Å². The molecule has 0 aliphatic carbocycles. The molecule has 0 unspecified atom stereocenters. The SMILES string of the molecule is CCCCCCCCCCCCCC=P(c1ccccc1)(c1ccccc1)c1ccccc1. The number of hydrogen-bond acceptors (Lipinski definition) is 0. The van der Waals surface area contributed by atoms with E-state index in [4.69, 9.17) is 0 Å². The zero-order valence-corrected chi connectivity index (χ0v) is 21.6. The molecule has 3 aromatic carbocycles. The molecule has 0 heterocycles. The van der Waals surface area contributed by atoms with Gasteiger partial charge in [0.1, 0.15) is 0 Å². The van der Waals surface area contributed by atoms with Gasteiger partial charge >= 0.3 is 0 Å². The molecule has 33 heavy (non-hydrogen) atoms. The van der Waals surface area contributed by atoms with Crippen molar-refractivity contribution < 1.29 is 0 Å². The molecule has 0 aromatic heterocycles. The van der Waals surface area contributed by atoms with Crippen molar-refractivity contribution in [2.24, 2.45) is 0 Å². The van der Waals surface area contributed by atoms with Crippen molar-refractivity contribution >= 4 is 28.6 Å². The highest BCUT2D eigenvalue weighted by molar-refractivity contribution is 7.94. The van der Waals surface area contributed by atoms with Crippen LogP contribution in [-0.2, 0) is 0 Å². The summed E-state index contributed by atoms with van der Waals surface area (Å²) >= 11 is 0. The standard InChI is InChI=1S/C32H43P/c1-2-3-4-5-6-7-8-9-10-11-12-22-29-33(30-23-16-13-17-24-30,31-25-18-14-19-26-31)32-27-20-15-21-28-32/h13-21,23-29H,2-12,22H2,1H3. The van der Waals surface area contributed by atoms with Crippen LogP contribution in [0.2, 0.25) is 0 Å². The Morgan fingerprint density at radius 2 is 0.788 bits per heavy atom. The molecular weight excluding hydrogens is 415 g/mol. The molecule has 176 valence electrons. The molecule has 0 aliphatic heterocycles. The summed E-state index contributed by atoms with van der Waals surface area (Å²) in [6.45, 7) is 0.537. The van der Waals surface area contributed by atoms with Gasteiger partial charge in [-0.1, -0.05) is 168 Å². The van der Waals surface area contributed by atoms with E-state index in [2.05, 4.69) is 104 Å². The molecule has 3 rings (SSSR count). The fourth-order valence-corrected chi connectivity index (χ4v) is 8.87. The van der Waals surface area contributed by atoms with Crippen molar-refractivity contribution in [3.8, 4) is 0 Å². The van der Waals surface area contributed by atoms with Gasteiger partial charge < -0.3 is 0 Å². The van der Waals surface area contributed by atoms with E-state index in [1.165, 1.54) is 93.0 Å². The van der Waals surface area contributed by atoms with Crippen LogP contribution in [0.25, 0.3) is 0 Å². The van der Waals surface area contributed by atoms with E-state index in [9.17, 15) is 0 Å². The fourth-order valence-electron chi connectivity index (χ4n) is 4.85. The number of benzene rings is 3. The molecule has 0 fully saturated rings. The predicted molar refractivity (Wildman–Crippen MR) is 152 cm³/mol. The zero-order valence-electron chi connectivity index (χ0n) is 20.7. The van der Waals surface area contributed by atoms with Crippen molar-refractivity contribution in [1.82, 2.24) is 0 Å². The van der Waals surface area contributed by atoms with Crippen molar-refractivity contribution in [1.29, 1.82) is 0 Å². The Hall–Kier alpha value is -2.04. The highest BCUT2D eigenvalue weighted by Crippen LogP contribution is 2.44. The number of rotatable bonds is 15. The summed E-state index contributed by atoms with van der Waals surface area (Å²) in [6.07, 6.45) is 16.5. The molecule has 0 nitrogen and oxygen atoms in total. The van der Waals surface area contributed by atoms with E-state index in [1.807, 2.05) is 0 Å². The van der Waals surface area contributed by atoms with Crippen LogP contribution in [0.4, 0.5) is 0 Å². The van der Waals surface area contributed by atoms with Crippen LogP contribution in [-0.4, -0.2) is 5.80 Å². The normalized spacial score (nSPS) is 11.4. The van der Waals surface area contributed by atoms with E-state index in [-0.39, 0.29) is 0 Å². The maximum Gasteiger partial charge on any atom is -0.0163 e. The van der Waals surface area contributed by atoms with Gasteiger partial charge in [0.05, 0.1) is 0 Å². The zero-order chi connectivity index (χ0) is 23.0. The van der Waals surface area contributed by atoms with Crippen molar-refractivity contribution in [3.63, 3.8) is 0 Å². The Balaban J connectivity index is 1.66. The molecule has 1 heteroatoms. The lowest BCUT2D eigenvalue weighted by atomic mass is 10.1. The summed E-state index contributed by atoms with van der Waals surface area (Å²) in [6, 6.07) is 33.6. The van der Waals surface area contributed by atoms with E-state index in [0.29, 0.717) is 0 Å². The fraction of sp³-hybridized carbons (Fsp3) is 0.406. The lowest BCUT2D eigenvalue weighted by Gasteiger charge is -2.29. The topological polar surface area (TPSA) is 0 Å². The van der Waals surface area contributed by atoms with E-state index in [0.717, 1.165) is 0 Å². The Morgan fingerprint density at radius 1 is 0.455 bits per heavy atom. The Bertz CT molecular complexity index is 825. The second-order valence-corrected chi connectivity index (χ2v) is 12.6. The van der Waals surface area contributed by atoms with E-state index in [1.54, 1.807) is 0 Å². The van der Waals surface area contributed by atoms with Crippen LogP contribution in [0, 0.1) is 0 Å². The molecule has 0 saturated heterocycles. The lowest BCUT2D eigenvalue weighted by molar-refractivity contribution is 0.552. The smallest absolute Gasteiger partial charge is 0.0163 e. The summed E-state index contributed by atoms with van der Waals surface area (Å²) < 4.78 is 0. The van der Waals surface area contributed by atoms with Crippen molar-refractivity contribution in [2.75, 3.05) is 0 Å². The van der Waals surface area contributed by atoms with Crippen LogP contribution >= 0.6 is 6.89 Å². The summed E-state index contributed by atoms with van der Waals surface area (Å²) in [7, 11) is 0. The largest absolute Gasteiger partial charge is 0.0742 e. The summed E-state index contributed by atoms with van der Waals surface area (Å²) in [4.78, 5) is 0. The quantitative estimate of drug-likeness (QED) is 0.158. The summed E-state index contributed by atoms with van der Waals surface area (Å²) in [5.74, 6) is 2.70. The third-order valence-electron chi connectivity index (χ3n) is 6.70. The molecule has 0 amide bonds. The van der Waals surface area contributed by atoms with Gasteiger partial charge in [0.25, 0.3) is 0 Å². The highest BCUT2D eigenvalue weighted by Gasteiger charge is 2.24. The molecule has 0 spiro atoms. The molecule has 0 atom stereocenters. The highest BCUT2D eigenvalue weighted by atomic mass is 31.2. The van der Waals surface area contributed by atoms with Gasteiger partial charge in [0.15, 0.2) is 0 Å². The average molecular weight is 459 g/mol. The van der Waals surface area contributed by atoms with Crippen LogP contribution in [0.3, 0.4) is 0 Å². The van der Waals surface area contributed by atoms with Gasteiger partial charge in [-0.05, 0) is 35.6 Å². The van der Waals surface area contributed by atoms with Gasteiger partial charge in [-0.25, -0.2) is 0 Å². The maximum absolute atomic E-state index is 2.70. The number of unbranched alkanes of at least 4 members (excludes halogenated alkanes) is 11. The van der Waals surface area contributed by atoms with Crippen LogP contribution in [0.5, 0.6) is 0 Å². The van der Waals surface area contributed by atoms with E-state index >= 15 is 0 Å². The molecule has 0 aliphatic rings. The Kier molecular flexibility index (Phi) is 11.6. The van der Waals surface area contributed by atoms with Gasteiger partial charge in [-0.2, -0.15) is 0 Å². The average Bonchev–Trinajstić information content (AvgIpc) is 2.89. The Morgan fingerprint density at radius 3 is 1.15 bits per heavy atom. The lowest BCUT2D eigenvalue weighted by Crippen LogP contribution is -2.26. The first-order chi connectivity index (χ1) is 16.4. The first-order valence-corrected chi connectivity index (χ1v) is 15.1. The second-order valence-electron chi connectivity index (χ2n) is 9.24. The monoisotopic (exact) mass is 458 g/mol. The third kappa shape index (κ3) is 7.75. The molecular formula is C32H43P. The van der Waals surface area contributed by atoms with Gasteiger partial charge in [0, 0.05) is 0 Å². The van der Waals surface area contributed by atoms with Crippen LogP contribution in [0.1, 0.15) is 84.0 Å².